The zero-order valence-corrected chi connectivity index (χ0v) is 10.7. The van der Waals surface area contributed by atoms with Crippen molar-refractivity contribution >= 4 is 27.3 Å². The molecule has 0 fully saturated rings. The molecular formula is C11H9NO4S2. The lowest BCUT2D eigenvalue weighted by atomic mass is 10.2. The number of sulfonamides is 1. The lowest BCUT2D eigenvalue weighted by molar-refractivity contribution is 0.0740. The quantitative estimate of drug-likeness (QED) is 0.867. The third kappa shape index (κ3) is 2.95. The largest absolute Gasteiger partial charge is 0.412 e. The van der Waals surface area contributed by atoms with Crippen LogP contribution in [0.5, 0.6) is 5.06 Å². The van der Waals surface area contributed by atoms with Gasteiger partial charge in [0.1, 0.15) is 4.21 Å². The molecule has 0 aliphatic heterocycles. The fraction of sp³-hybridized carbons (Fsp3) is 0. The number of rotatable bonds is 3. The van der Waals surface area contributed by atoms with Crippen molar-refractivity contribution in [3.63, 3.8) is 0 Å². The maximum atomic E-state index is 11.7. The molecule has 1 aromatic carbocycles. The van der Waals surface area contributed by atoms with Crippen LogP contribution in [-0.2, 0) is 10.0 Å². The van der Waals surface area contributed by atoms with Gasteiger partial charge in [0.2, 0.25) is 10.0 Å². The third-order valence-corrected chi connectivity index (χ3v) is 4.44. The molecule has 0 saturated heterocycles. The molecule has 2 rings (SSSR count). The summed E-state index contributed by atoms with van der Waals surface area (Å²) in [5.74, 6) is -0.543. The van der Waals surface area contributed by atoms with Crippen molar-refractivity contribution in [2.45, 2.75) is 4.21 Å². The smallest absolute Gasteiger partial charge is 0.344 e. The number of nitrogens with two attached hydrogens (primary N) is 1. The topological polar surface area (TPSA) is 86.5 Å². The maximum absolute atomic E-state index is 11.7. The summed E-state index contributed by atoms with van der Waals surface area (Å²) in [4.78, 5) is 11.7. The standard InChI is InChI=1S/C11H9NO4S2/c12-18(14,15)10-7-6-9(17-10)16-11(13)8-4-2-1-3-5-8/h1-7H,(H2,12,14,15). The Balaban J connectivity index is 2.16. The van der Waals surface area contributed by atoms with Gasteiger partial charge >= 0.3 is 5.97 Å². The minimum Gasteiger partial charge on any atom is -0.412 e. The first-order valence-electron chi connectivity index (χ1n) is 4.87. The Kier molecular flexibility index (Phi) is 3.46. The fourth-order valence-electron chi connectivity index (χ4n) is 1.24. The molecule has 0 aliphatic carbocycles. The van der Waals surface area contributed by atoms with Gasteiger partial charge in [-0.15, -0.1) is 0 Å². The molecule has 2 N–H and O–H groups in total. The minimum atomic E-state index is -3.76. The number of ether oxygens (including phenoxy) is 1. The number of carbonyl (C=O) groups excluding carboxylic acids is 1. The van der Waals surface area contributed by atoms with Crippen molar-refractivity contribution in [2.24, 2.45) is 5.14 Å². The van der Waals surface area contributed by atoms with Crippen LogP contribution in [0.15, 0.2) is 46.7 Å². The van der Waals surface area contributed by atoms with Gasteiger partial charge in [-0.3, -0.25) is 0 Å². The van der Waals surface area contributed by atoms with Crippen LogP contribution in [0.3, 0.4) is 0 Å². The molecule has 0 saturated carbocycles. The Labute approximate surface area is 108 Å². The van der Waals surface area contributed by atoms with Crippen molar-refractivity contribution in [1.82, 2.24) is 0 Å². The minimum absolute atomic E-state index is 0.0432. The molecule has 18 heavy (non-hydrogen) atoms. The van der Waals surface area contributed by atoms with Crippen molar-refractivity contribution in [1.29, 1.82) is 0 Å². The zero-order valence-electron chi connectivity index (χ0n) is 9.07. The summed E-state index contributed by atoms with van der Waals surface area (Å²) >= 11 is 0.807. The van der Waals surface area contributed by atoms with Gasteiger partial charge in [-0.05, 0) is 24.3 Å². The Hall–Kier alpha value is -1.70. The number of hydrogen-bond donors (Lipinski definition) is 1. The lowest BCUT2D eigenvalue weighted by Gasteiger charge is -2.00. The predicted octanol–water partition coefficient (Wildman–Crippen LogP) is 1.61. The summed E-state index contributed by atoms with van der Waals surface area (Å²) in [5, 5.41) is 5.14. The van der Waals surface area contributed by atoms with Gasteiger partial charge in [-0.1, -0.05) is 29.5 Å². The van der Waals surface area contributed by atoms with Crippen LogP contribution in [0.2, 0.25) is 0 Å². The highest BCUT2D eigenvalue weighted by Gasteiger charge is 2.14. The van der Waals surface area contributed by atoms with E-state index in [2.05, 4.69) is 0 Å². The molecule has 0 atom stereocenters. The van der Waals surface area contributed by atoms with Crippen LogP contribution in [-0.4, -0.2) is 14.4 Å². The van der Waals surface area contributed by atoms with Crippen LogP contribution in [0.1, 0.15) is 10.4 Å². The number of hydrogen-bond acceptors (Lipinski definition) is 5. The van der Waals surface area contributed by atoms with Gasteiger partial charge in [0.05, 0.1) is 5.56 Å². The molecule has 0 bridgehead atoms. The van der Waals surface area contributed by atoms with Gasteiger partial charge in [0.25, 0.3) is 0 Å². The second-order valence-electron chi connectivity index (χ2n) is 3.37. The Morgan fingerprint density at radius 2 is 1.78 bits per heavy atom. The van der Waals surface area contributed by atoms with E-state index in [0.717, 1.165) is 11.3 Å². The van der Waals surface area contributed by atoms with Gasteiger partial charge in [0, 0.05) is 0 Å². The molecule has 7 heteroatoms. The van der Waals surface area contributed by atoms with Gasteiger partial charge in [-0.25, -0.2) is 18.4 Å². The van der Waals surface area contributed by atoms with E-state index in [1.807, 2.05) is 0 Å². The van der Waals surface area contributed by atoms with Crippen LogP contribution in [0.4, 0.5) is 0 Å². The number of primary sulfonamides is 1. The summed E-state index contributed by atoms with van der Waals surface area (Å²) in [6.07, 6.45) is 0. The summed E-state index contributed by atoms with van der Waals surface area (Å²) < 4.78 is 27.1. The Morgan fingerprint density at radius 3 is 2.33 bits per heavy atom. The average Bonchev–Trinajstić information content (AvgIpc) is 2.78. The first-order chi connectivity index (χ1) is 8.47. The first kappa shape index (κ1) is 12.7. The van der Waals surface area contributed by atoms with Crippen molar-refractivity contribution in [2.75, 3.05) is 0 Å². The fourth-order valence-corrected chi connectivity index (χ4v) is 2.79. The molecular weight excluding hydrogens is 274 g/mol. The highest BCUT2D eigenvalue weighted by Crippen LogP contribution is 2.27. The molecule has 0 amide bonds. The summed E-state index contributed by atoms with van der Waals surface area (Å²) in [5.41, 5.74) is 0.392. The van der Waals surface area contributed by atoms with Crippen LogP contribution in [0, 0.1) is 0 Å². The summed E-state index contributed by atoms with van der Waals surface area (Å²) in [7, 11) is -3.76. The monoisotopic (exact) mass is 283 g/mol. The van der Waals surface area contributed by atoms with E-state index in [4.69, 9.17) is 9.88 Å². The molecule has 94 valence electrons. The van der Waals surface area contributed by atoms with Crippen LogP contribution >= 0.6 is 11.3 Å². The second-order valence-corrected chi connectivity index (χ2v) is 6.21. The lowest BCUT2D eigenvalue weighted by Crippen LogP contribution is -2.10. The average molecular weight is 283 g/mol. The van der Waals surface area contributed by atoms with E-state index in [0.29, 0.717) is 5.56 Å². The molecule has 5 nitrogen and oxygen atoms in total. The van der Waals surface area contributed by atoms with E-state index < -0.39 is 16.0 Å². The van der Waals surface area contributed by atoms with E-state index >= 15 is 0 Å². The summed E-state index contributed by atoms with van der Waals surface area (Å²) in [6.45, 7) is 0. The Bertz CT molecular complexity index is 661. The van der Waals surface area contributed by atoms with Crippen molar-refractivity contribution in [3.05, 3.63) is 48.0 Å². The predicted molar refractivity (Wildman–Crippen MR) is 67.1 cm³/mol. The van der Waals surface area contributed by atoms with Gasteiger partial charge < -0.3 is 4.74 Å². The molecule has 0 aliphatic rings. The molecule has 0 spiro atoms. The highest BCUT2D eigenvalue weighted by molar-refractivity contribution is 7.91. The Morgan fingerprint density at radius 1 is 1.11 bits per heavy atom. The van der Waals surface area contributed by atoms with E-state index in [1.54, 1.807) is 30.3 Å². The maximum Gasteiger partial charge on any atom is 0.344 e. The van der Waals surface area contributed by atoms with E-state index in [9.17, 15) is 13.2 Å². The molecule has 0 radical (unpaired) electrons. The van der Waals surface area contributed by atoms with Crippen LogP contribution < -0.4 is 9.88 Å². The first-order valence-corrected chi connectivity index (χ1v) is 7.23. The number of benzene rings is 1. The van der Waals surface area contributed by atoms with Crippen molar-refractivity contribution in [3.8, 4) is 5.06 Å². The molecule has 1 heterocycles. The number of carbonyl (C=O) groups is 1. The normalized spacial score (nSPS) is 11.2. The third-order valence-electron chi connectivity index (χ3n) is 2.04. The molecule has 2 aromatic rings. The molecule has 0 unspecified atom stereocenters. The zero-order chi connectivity index (χ0) is 13.2. The van der Waals surface area contributed by atoms with Gasteiger partial charge in [-0.2, -0.15) is 0 Å². The van der Waals surface area contributed by atoms with Crippen molar-refractivity contribution < 1.29 is 17.9 Å². The van der Waals surface area contributed by atoms with E-state index in [-0.39, 0.29) is 9.27 Å². The molecule has 1 aromatic heterocycles. The summed E-state index contributed by atoms with van der Waals surface area (Å²) in [6, 6.07) is 11.1. The SMILES string of the molecule is NS(=O)(=O)c1ccc(OC(=O)c2ccccc2)s1. The highest BCUT2D eigenvalue weighted by atomic mass is 32.2. The van der Waals surface area contributed by atoms with Gasteiger partial charge in [0.15, 0.2) is 5.06 Å². The van der Waals surface area contributed by atoms with Crippen LogP contribution in [0.25, 0.3) is 0 Å². The number of thiophene rings is 1. The number of esters is 1. The second kappa shape index (κ2) is 4.89. The van der Waals surface area contributed by atoms with E-state index in [1.165, 1.54) is 12.1 Å².